The minimum atomic E-state index is -0.128. The predicted molar refractivity (Wildman–Crippen MR) is 53.1 cm³/mol. The Kier molecular flexibility index (Phi) is 3.05. The first-order valence-electron chi connectivity index (χ1n) is 4.34. The van der Waals surface area contributed by atoms with Crippen LogP contribution < -0.4 is 5.32 Å². The van der Waals surface area contributed by atoms with Gasteiger partial charge in [-0.1, -0.05) is 30.3 Å². The number of hydrogen-bond donors (Lipinski definition) is 1. The fourth-order valence-electron chi connectivity index (χ4n) is 1.22. The molecule has 1 N–H and O–H groups in total. The molecule has 0 saturated carbocycles. The van der Waals surface area contributed by atoms with Gasteiger partial charge in [0.1, 0.15) is 0 Å². The second-order valence-corrected chi connectivity index (χ2v) is 3.50. The van der Waals surface area contributed by atoms with Crippen LogP contribution in [0.15, 0.2) is 30.3 Å². The van der Waals surface area contributed by atoms with Crippen LogP contribution in [-0.4, -0.2) is 6.54 Å². The molecule has 0 saturated heterocycles. The van der Waals surface area contributed by atoms with Gasteiger partial charge in [0.05, 0.1) is 12.6 Å². The van der Waals surface area contributed by atoms with Crippen LogP contribution in [0, 0.1) is 11.3 Å². The summed E-state index contributed by atoms with van der Waals surface area (Å²) in [5.41, 5.74) is 1.07. The zero-order chi connectivity index (χ0) is 9.73. The topological polar surface area (TPSA) is 35.8 Å². The van der Waals surface area contributed by atoms with E-state index in [1.165, 1.54) is 5.56 Å². The van der Waals surface area contributed by atoms with Crippen molar-refractivity contribution >= 4 is 0 Å². The molecule has 2 heteroatoms. The van der Waals surface area contributed by atoms with Crippen LogP contribution in [0.3, 0.4) is 0 Å². The van der Waals surface area contributed by atoms with Crippen molar-refractivity contribution in [3.8, 4) is 6.07 Å². The van der Waals surface area contributed by atoms with Gasteiger partial charge in [-0.05, 0) is 19.4 Å². The van der Waals surface area contributed by atoms with Crippen molar-refractivity contribution in [3.63, 3.8) is 0 Å². The lowest BCUT2D eigenvalue weighted by Crippen LogP contribution is -2.36. The van der Waals surface area contributed by atoms with E-state index in [0.717, 1.165) is 0 Å². The summed E-state index contributed by atoms with van der Waals surface area (Å²) in [4.78, 5) is 0. The molecule has 1 aromatic carbocycles. The normalized spacial score (nSPS) is 10.8. The molecule has 0 aromatic heterocycles. The van der Waals surface area contributed by atoms with E-state index in [-0.39, 0.29) is 5.54 Å². The smallest absolute Gasteiger partial charge is 0.0847 e. The molecule has 1 rings (SSSR count). The van der Waals surface area contributed by atoms with E-state index in [1.807, 2.05) is 18.2 Å². The summed E-state index contributed by atoms with van der Waals surface area (Å²) >= 11 is 0. The Morgan fingerprint density at radius 3 is 2.46 bits per heavy atom. The lowest BCUT2D eigenvalue weighted by molar-refractivity contribution is 0.427. The van der Waals surface area contributed by atoms with E-state index in [9.17, 15) is 0 Å². The minimum Gasteiger partial charge on any atom is -0.295 e. The molecular formula is C11H14N2. The van der Waals surface area contributed by atoms with E-state index in [0.29, 0.717) is 6.54 Å². The third-order valence-corrected chi connectivity index (χ3v) is 2.10. The molecule has 0 bridgehead atoms. The lowest BCUT2D eigenvalue weighted by Gasteiger charge is -2.25. The van der Waals surface area contributed by atoms with Gasteiger partial charge in [0, 0.05) is 5.54 Å². The fraction of sp³-hybridized carbons (Fsp3) is 0.364. The van der Waals surface area contributed by atoms with Gasteiger partial charge in [0.2, 0.25) is 0 Å². The second-order valence-electron chi connectivity index (χ2n) is 3.50. The van der Waals surface area contributed by atoms with Gasteiger partial charge in [-0.15, -0.1) is 0 Å². The Morgan fingerprint density at radius 1 is 1.31 bits per heavy atom. The van der Waals surface area contributed by atoms with E-state index < -0.39 is 0 Å². The Hall–Kier alpha value is -1.33. The summed E-state index contributed by atoms with van der Waals surface area (Å²) in [6.07, 6.45) is 0. The molecule has 0 aliphatic rings. The molecule has 0 aliphatic heterocycles. The molecule has 0 atom stereocenters. The Labute approximate surface area is 79.2 Å². The van der Waals surface area contributed by atoms with E-state index in [1.54, 1.807) is 0 Å². The number of rotatable bonds is 3. The van der Waals surface area contributed by atoms with Crippen molar-refractivity contribution in [2.75, 3.05) is 6.54 Å². The highest BCUT2D eigenvalue weighted by Gasteiger charge is 2.18. The second kappa shape index (κ2) is 4.06. The van der Waals surface area contributed by atoms with Crippen molar-refractivity contribution in [1.29, 1.82) is 5.26 Å². The van der Waals surface area contributed by atoms with Gasteiger partial charge in [-0.3, -0.25) is 5.32 Å². The molecule has 0 unspecified atom stereocenters. The van der Waals surface area contributed by atoms with Crippen LogP contribution in [-0.2, 0) is 5.54 Å². The minimum absolute atomic E-state index is 0.128. The highest BCUT2D eigenvalue weighted by Crippen LogP contribution is 2.18. The quantitative estimate of drug-likeness (QED) is 0.712. The molecule has 0 amide bonds. The molecule has 2 nitrogen and oxygen atoms in total. The van der Waals surface area contributed by atoms with Crippen LogP contribution in [0.4, 0.5) is 0 Å². The maximum atomic E-state index is 8.46. The summed E-state index contributed by atoms with van der Waals surface area (Å²) in [7, 11) is 0. The van der Waals surface area contributed by atoms with Crippen LogP contribution in [0.5, 0.6) is 0 Å². The molecule has 0 fully saturated rings. The molecule has 13 heavy (non-hydrogen) atoms. The SMILES string of the molecule is CC(C)(NCC#N)c1ccccc1. The third kappa shape index (κ3) is 2.57. The first-order valence-corrected chi connectivity index (χ1v) is 4.34. The standard InChI is InChI=1S/C11H14N2/c1-11(2,13-9-8-12)10-6-4-3-5-7-10/h3-7,13H,9H2,1-2H3. The summed E-state index contributed by atoms with van der Waals surface area (Å²) < 4.78 is 0. The molecule has 0 radical (unpaired) electrons. The van der Waals surface area contributed by atoms with Crippen molar-refractivity contribution < 1.29 is 0 Å². The van der Waals surface area contributed by atoms with Gasteiger partial charge in [0.15, 0.2) is 0 Å². The molecule has 1 aromatic rings. The van der Waals surface area contributed by atoms with Gasteiger partial charge in [-0.2, -0.15) is 5.26 Å². The molecule has 0 heterocycles. The highest BCUT2D eigenvalue weighted by molar-refractivity contribution is 5.22. The maximum Gasteiger partial charge on any atom is 0.0847 e. The van der Waals surface area contributed by atoms with Crippen molar-refractivity contribution in [2.45, 2.75) is 19.4 Å². The number of nitrogens with one attached hydrogen (secondary N) is 1. The number of benzene rings is 1. The average molecular weight is 174 g/mol. The summed E-state index contributed by atoms with van der Waals surface area (Å²) in [6, 6.07) is 12.2. The molecular weight excluding hydrogens is 160 g/mol. The fourth-order valence-corrected chi connectivity index (χ4v) is 1.22. The van der Waals surface area contributed by atoms with Gasteiger partial charge in [0.25, 0.3) is 0 Å². The van der Waals surface area contributed by atoms with E-state index in [2.05, 4.69) is 37.4 Å². The van der Waals surface area contributed by atoms with E-state index in [4.69, 9.17) is 5.26 Å². The van der Waals surface area contributed by atoms with Gasteiger partial charge in [-0.25, -0.2) is 0 Å². The van der Waals surface area contributed by atoms with Crippen molar-refractivity contribution in [2.24, 2.45) is 0 Å². The molecule has 0 aliphatic carbocycles. The average Bonchev–Trinajstić information content (AvgIpc) is 2.16. The number of nitrogens with zero attached hydrogens (tertiary/aromatic N) is 1. The summed E-state index contributed by atoms with van der Waals surface area (Å²) in [6.45, 7) is 4.52. The first-order chi connectivity index (χ1) is 6.17. The molecule has 68 valence electrons. The monoisotopic (exact) mass is 174 g/mol. The van der Waals surface area contributed by atoms with Crippen LogP contribution in [0.25, 0.3) is 0 Å². The van der Waals surface area contributed by atoms with Crippen molar-refractivity contribution in [3.05, 3.63) is 35.9 Å². The maximum absolute atomic E-state index is 8.46. The Balaban J connectivity index is 2.76. The first kappa shape index (κ1) is 9.76. The van der Waals surface area contributed by atoms with Crippen LogP contribution >= 0.6 is 0 Å². The van der Waals surface area contributed by atoms with E-state index >= 15 is 0 Å². The molecule has 0 spiro atoms. The zero-order valence-electron chi connectivity index (χ0n) is 8.04. The number of hydrogen-bond acceptors (Lipinski definition) is 2. The van der Waals surface area contributed by atoms with Crippen LogP contribution in [0.2, 0.25) is 0 Å². The van der Waals surface area contributed by atoms with Gasteiger partial charge >= 0.3 is 0 Å². The van der Waals surface area contributed by atoms with Crippen LogP contribution in [0.1, 0.15) is 19.4 Å². The lowest BCUT2D eigenvalue weighted by atomic mass is 9.94. The van der Waals surface area contributed by atoms with Crippen molar-refractivity contribution in [1.82, 2.24) is 5.32 Å². The third-order valence-electron chi connectivity index (χ3n) is 2.10. The highest BCUT2D eigenvalue weighted by atomic mass is 14.9. The number of nitriles is 1. The predicted octanol–water partition coefficient (Wildman–Crippen LogP) is 2.03. The summed E-state index contributed by atoms with van der Waals surface area (Å²) in [5.74, 6) is 0. The Morgan fingerprint density at radius 2 is 1.92 bits per heavy atom. The zero-order valence-corrected chi connectivity index (χ0v) is 8.04. The van der Waals surface area contributed by atoms with Gasteiger partial charge < -0.3 is 0 Å². The largest absolute Gasteiger partial charge is 0.295 e. The summed E-state index contributed by atoms with van der Waals surface area (Å²) in [5, 5.41) is 11.6. The Bertz CT molecular complexity index is 296.